The molecule has 0 aliphatic heterocycles. The first-order valence-corrected chi connectivity index (χ1v) is 3.68. The maximum absolute atomic E-state index is 11.1. The van der Waals surface area contributed by atoms with Gasteiger partial charge in [-0.3, -0.25) is 4.79 Å². The molecule has 1 aromatic heterocycles. The second kappa shape index (κ2) is 4.33. The maximum atomic E-state index is 11.1. The Morgan fingerprint density at radius 2 is 2.67 bits per heavy atom. The molecule has 1 aromatic rings. The predicted octanol–water partition coefficient (Wildman–Crippen LogP) is 0.254. The van der Waals surface area contributed by atoms with Gasteiger partial charge in [0.2, 0.25) is 5.91 Å². The van der Waals surface area contributed by atoms with Gasteiger partial charge in [-0.2, -0.15) is 0 Å². The van der Waals surface area contributed by atoms with Crippen molar-refractivity contribution in [2.75, 3.05) is 6.54 Å². The number of aromatic nitrogens is 2. The average Bonchev–Trinajstić information content (AvgIpc) is 2.53. The number of nitrogens with one attached hydrogen (secondary N) is 2. The predicted molar refractivity (Wildman–Crippen MR) is 45.5 cm³/mol. The zero-order chi connectivity index (χ0) is 8.81. The summed E-state index contributed by atoms with van der Waals surface area (Å²) in [6, 6.07) is 0. The van der Waals surface area contributed by atoms with E-state index in [9.17, 15) is 4.79 Å². The molecule has 4 nitrogen and oxygen atoms in total. The highest BCUT2D eigenvalue weighted by molar-refractivity contribution is 5.78. The molecule has 1 amide bonds. The van der Waals surface area contributed by atoms with Gasteiger partial charge in [-0.05, 0) is 0 Å². The third-order valence-corrected chi connectivity index (χ3v) is 1.34. The van der Waals surface area contributed by atoms with Crippen molar-refractivity contribution < 1.29 is 4.79 Å². The molecule has 0 aliphatic rings. The first-order chi connectivity index (χ1) is 5.83. The van der Waals surface area contributed by atoms with Crippen LogP contribution in [0.15, 0.2) is 25.2 Å². The Kier molecular flexibility index (Phi) is 3.07. The third-order valence-electron chi connectivity index (χ3n) is 1.34. The molecule has 0 fully saturated rings. The fourth-order valence-electron chi connectivity index (χ4n) is 0.801. The number of carbonyl (C=O) groups is 1. The van der Waals surface area contributed by atoms with Crippen LogP contribution in [0.4, 0.5) is 0 Å². The van der Waals surface area contributed by atoms with Gasteiger partial charge in [-0.25, -0.2) is 4.98 Å². The van der Waals surface area contributed by atoms with Crippen molar-refractivity contribution in [1.82, 2.24) is 15.3 Å². The summed E-state index contributed by atoms with van der Waals surface area (Å²) in [4.78, 5) is 17.8. The fourth-order valence-corrected chi connectivity index (χ4v) is 0.801. The first kappa shape index (κ1) is 8.52. The highest BCUT2D eigenvalue weighted by atomic mass is 16.1. The second-order valence-electron chi connectivity index (χ2n) is 2.33. The minimum atomic E-state index is -0.0398. The van der Waals surface area contributed by atoms with E-state index in [1.807, 2.05) is 0 Å². The highest BCUT2D eigenvalue weighted by Gasteiger charge is 2.02. The zero-order valence-electron chi connectivity index (χ0n) is 6.71. The van der Waals surface area contributed by atoms with Crippen molar-refractivity contribution >= 4 is 5.91 Å². The Hall–Kier alpha value is -1.58. The van der Waals surface area contributed by atoms with Gasteiger partial charge in [-0.15, -0.1) is 6.58 Å². The molecule has 0 aromatic carbocycles. The van der Waals surface area contributed by atoms with Crippen LogP contribution >= 0.6 is 0 Å². The van der Waals surface area contributed by atoms with Crippen LogP contribution in [0.3, 0.4) is 0 Å². The molecule has 2 N–H and O–H groups in total. The molecule has 4 heteroatoms. The molecule has 0 atom stereocenters. The molecule has 12 heavy (non-hydrogen) atoms. The lowest BCUT2D eigenvalue weighted by Gasteiger charge is -1.98. The van der Waals surface area contributed by atoms with E-state index in [0.717, 1.165) is 5.69 Å². The van der Waals surface area contributed by atoms with Crippen LogP contribution in [0.5, 0.6) is 0 Å². The van der Waals surface area contributed by atoms with E-state index in [2.05, 4.69) is 21.9 Å². The molecule has 0 saturated heterocycles. The maximum Gasteiger partial charge on any atom is 0.226 e. The zero-order valence-corrected chi connectivity index (χ0v) is 6.71. The Labute approximate surface area is 70.7 Å². The van der Waals surface area contributed by atoms with Crippen LogP contribution in [0.2, 0.25) is 0 Å². The number of H-pyrrole nitrogens is 1. The van der Waals surface area contributed by atoms with Gasteiger partial charge in [0.25, 0.3) is 0 Å². The summed E-state index contributed by atoms with van der Waals surface area (Å²) in [6.45, 7) is 4.00. The van der Waals surface area contributed by atoms with E-state index in [1.165, 1.54) is 0 Å². The summed E-state index contributed by atoms with van der Waals surface area (Å²) >= 11 is 0. The standard InChI is InChI=1S/C8H11N3O/c1-2-3-10-8(12)4-7-5-9-6-11-7/h2,5-6H,1,3-4H2,(H,9,11)(H,10,12). The number of hydrogen-bond acceptors (Lipinski definition) is 2. The number of imidazole rings is 1. The smallest absolute Gasteiger partial charge is 0.226 e. The van der Waals surface area contributed by atoms with Crippen LogP contribution in [0.1, 0.15) is 5.69 Å². The number of rotatable bonds is 4. The number of hydrogen-bond donors (Lipinski definition) is 2. The van der Waals surface area contributed by atoms with Crippen molar-refractivity contribution in [3.8, 4) is 0 Å². The third kappa shape index (κ3) is 2.57. The summed E-state index contributed by atoms with van der Waals surface area (Å²) < 4.78 is 0. The van der Waals surface area contributed by atoms with Crippen molar-refractivity contribution in [2.45, 2.75) is 6.42 Å². The quantitative estimate of drug-likeness (QED) is 0.628. The Morgan fingerprint density at radius 3 is 3.25 bits per heavy atom. The van der Waals surface area contributed by atoms with Crippen LogP contribution in [-0.4, -0.2) is 22.4 Å². The van der Waals surface area contributed by atoms with Crippen molar-refractivity contribution in [1.29, 1.82) is 0 Å². The summed E-state index contributed by atoms with van der Waals surface area (Å²) in [6.07, 6.45) is 5.21. The molecular formula is C8H11N3O. The van der Waals surface area contributed by atoms with Gasteiger partial charge in [0.1, 0.15) is 0 Å². The lowest BCUT2D eigenvalue weighted by atomic mass is 10.3. The highest BCUT2D eigenvalue weighted by Crippen LogP contribution is 1.91. The van der Waals surface area contributed by atoms with Gasteiger partial charge < -0.3 is 10.3 Å². The van der Waals surface area contributed by atoms with Crippen molar-refractivity contribution in [3.05, 3.63) is 30.9 Å². The lowest BCUT2D eigenvalue weighted by Crippen LogP contribution is -2.24. The largest absolute Gasteiger partial charge is 0.352 e. The Morgan fingerprint density at radius 1 is 1.83 bits per heavy atom. The van der Waals surface area contributed by atoms with Crippen LogP contribution in [0, 0.1) is 0 Å². The topological polar surface area (TPSA) is 57.8 Å². The van der Waals surface area contributed by atoms with Gasteiger partial charge in [-0.1, -0.05) is 6.08 Å². The van der Waals surface area contributed by atoms with E-state index < -0.39 is 0 Å². The fraction of sp³-hybridized carbons (Fsp3) is 0.250. The van der Waals surface area contributed by atoms with Crippen LogP contribution < -0.4 is 5.32 Å². The SMILES string of the molecule is C=CCNC(=O)Cc1c[nH]cn1. The van der Waals surface area contributed by atoms with E-state index >= 15 is 0 Å². The van der Waals surface area contributed by atoms with Gasteiger partial charge in [0.05, 0.1) is 18.4 Å². The summed E-state index contributed by atoms with van der Waals surface area (Å²) in [5, 5.41) is 2.66. The molecule has 0 aliphatic carbocycles. The lowest BCUT2D eigenvalue weighted by molar-refractivity contribution is -0.120. The number of carbonyl (C=O) groups excluding carboxylic acids is 1. The molecule has 64 valence electrons. The molecule has 0 saturated carbocycles. The molecule has 0 radical (unpaired) electrons. The summed E-state index contributed by atoms with van der Waals surface area (Å²) in [5.74, 6) is -0.0398. The monoisotopic (exact) mass is 165 g/mol. The molecule has 1 heterocycles. The van der Waals surface area contributed by atoms with Gasteiger partial charge in [0, 0.05) is 12.7 Å². The minimum absolute atomic E-state index is 0.0398. The Balaban J connectivity index is 2.32. The summed E-state index contributed by atoms with van der Waals surface area (Å²) in [7, 11) is 0. The van der Waals surface area contributed by atoms with E-state index in [4.69, 9.17) is 0 Å². The average molecular weight is 165 g/mol. The van der Waals surface area contributed by atoms with E-state index in [0.29, 0.717) is 13.0 Å². The van der Waals surface area contributed by atoms with Crippen molar-refractivity contribution in [3.63, 3.8) is 0 Å². The number of aromatic amines is 1. The first-order valence-electron chi connectivity index (χ1n) is 3.68. The molecular weight excluding hydrogens is 154 g/mol. The van der Waals surface area contributed by atoms with E-state index in [-0.39, 0.29) is 5.91 Å². The van der Waals surface area contributed by atoms with Crippen LogP contribution in [0.25, 0.3) is 0 Å². The minimum Gasteiger partial charge on any atom is -0.352 e. The van der Waals surface area contributed by atoms with E-state index in [1.54, 1.807) is 18.6 Å². The summed E-state index contributed by atoms with van der Waals surface area (Å²) in [5.41, 5.74) is 0.747. The normalized spacial score (nSPS) is 9.33. The molecule has 0 unspecified atom stereocenters. The van der Waals surface area contributed by atoms with Crippen LogP contribution in [-0.2, 0) is 11.2 Å². The molecule has 1 rings (SSSR count). The second-order valence-corrected chi connectivity index (χ2v) is 2.33. The number of nitrogens with zero attached hydrogens (tertiary/aromatic N) is 1. The van der Waals surface area contributed by atoms with Crippen molar-refractivity contribution in [2.24, 2.45) is 0 Å². The van der Waals surface area contributed by atoms with Gasteiger partial charge in [0.15, 0.2) is 0 Å². The number of amides is 1. The molecule has 0 bridgehead atoms. The molecule has 0 spiro atoms. The van der Waals surface area contributed by atoms with Gasteiger partial charge >= 0.3 is 0 Å². The Bertz CT molecular complexity index is 253.